The molecule has 0 amide bonds. The summed E-state index contributed by atoms with van der Waals surface area (Å²) in [5, 5.41) is 3.61. The summed E-state index contributed by atoms with van der Waals surface area (Å²) < 4.78 is 0.574. The van der Waals surface area contributed by atoms with E-state index in [0.717, 1.165) is 13.1 Å². The normalized spacial score (nSPS) is 18.4. The van der Waals surface area contributed by atoms with E-state index < -0.39 is 0 Å². The minimum Gasteiger partial charge on any atom is -0.310 e. The highest BCUT2D eigenvalue weighted by Crippen LogP contribution is 2.46. The monoisotopic (exact) mass is 269 g/mol. The van der Waals surface area contributed by atoms with Gasteiger partial charge in [0.15, 0.2) is 0 Å². The summed E-state index contributed by atoms with van der Waals surface area (Å²) in [6.45, 7) is 9.04. The fourth-order valence-corrected chi connectivity index (χ4v) is 3.67. The van der Waals surface area contributed by atoms with Crippen LogP contribution in [-0.2, 0) is 12.0 Å². The van der Waals surface area contributed by atoms with Crippen molar-refractivity contribution in [2.45, 2.75) is 50.3 Å². The Morgan fingerprint density at radius 2 is 2.06 bits per heavy atom. The lowest BCUT2D eigenvalue weighted by molar-refractivity contribution is 0.604. The van der Waals surface area contributed by atoms with E-state index in [0.29, 0.717) is 10.2 Å². The van der Waals surface area contributed by atoms with Crippen molar-refractivity contribution in [3.8, 4) is 0 Å². The number of thioether (sulfide) groups is 1. The van der Waals surface area contributed by atoms with Crippen LogP contribution in [0.2, 0.25) is 0 Å². The van der Waals surface area contributed by atoms with E-state index >= 15 is 0 Å². The third-order valence-corrected chi connectivity index (χ3v) is 6.32. The Morgan fingerprint density at radius 1 is 1.35 bits per heavy atom. The highest BCUT2D eigenvalue weighted by Gasteiger charge is 2.41. The quantitative estimate of drug-likeness (QED) is 0.866. The van der Waals surface area contributed by atoms with Crippen molar-refractivity contribution in [1.29, 1.82) is 0 Å². The number of hydrogen-bond donors (Lipinski definition) is 1. The van der Waals surface area contributed by atoms with Crippen molar-refractivity contribution in [3.05, 3.63) is 21.9 Å². The second-order valence-corrected chi connectivity index (χ2v) is 8.45. The summed E-state index contributed by atoms with van der Waals surface area (Å²) in [4.78, 5) is 2.95. The molecular formula is C14H23NS2. The summed E-state index contributed by atoms with van der Waals surface area (Å²) in [6, 6.07) is 4.56. The highest BCUT2D eigenvalue weighted by atomic mass is 32.2. The molecule has 1 aromatic rings. The standard InChI is InChI=1S/C14H23NS2/c1-13(2,3)12-6-5-11(17-12)9-15-10-14(16-4)7-8-14/h5-6,15H,7-10H2,1-4H3. The molecule has 0 unspecified atom stereocenters. The number of hydrogen-bond acceptors (Lipinski definition) is 3. The van der Waals surface area contributed by atoms with Crippen LogP contribution in [0.5, 0.6) is 0 Å². The zero-order valence-corrected chi connectivity index (χ0v) is 12.9. The molecule has 1 N–H and O–H groups in total. The molecule has 0 radical (unpaired) electrons. The van der Waals surface area contributed by atoms with Gasteiger partial charge in [0.05, 0.1) is 0 Å². The Hall–Kier alpha value is 0.01000. The van der Waals surface area contributed by atoms with Crippen LogP contribution in [0, 0.1) is 0 Å². The van der Waals surface area contributed by atoms with Crippen LogP contribution in [0.15, 0.2) is 12.1 Å². The minimum atomic E-state index is 0.292. The number of rotatable bonds is 5. The first-order valence-electron chi connectivity index (χ1n) is 6.30. The molecule has 17 heavy (non-hydrogen) atoms. The molecule has 1 heterocycles. The Kier molecular flexibility index (Phi) is 3.91. The highest BCUT2D eigenvalue weighted by molar-refractivity contribution is 8.00. The van der Waals surface area contributed by atoms with E-state index in [4.69, 9.17) is 0 Å². The smallest absolute Gasteiger partial charge is 0.0300 e. The van der Waals surface area contributed by atoms with Gasteiger partial charge in [-0.05, 0) is 36.6 Å². The average Bonchev–Trinajstić information content (AvgIpc) is 2.86. The first kappa shape index (κ1) is 13.4. The maximum atomic E-state index is 3.61. The van der Waals surface area contributed by atoms with Crippen LogP contribution >= 0.6 is 23.1 Å². The molecule has 0 atom stereocenters. The van der Waals surface area contributed by atoms with Gasteiger partial charge >= 0.3 is 0 Å². The summed E-state index contributed by atoms with van der Waals surface area (Å²) in [6.07, 6.45) is 5.01. The Balaban J connectivity index is 1.81. The SMILES string of the molecule is CSC1(CNCc2ccc(C(C)(C)C)s2)CC1. The molecule has 1 aliphatic rings. The number of nitrogens with one attached hydrogen (secondary N) is 1. The summed E-state index contributed by atoms with van der Waals surface area (Å²) >= 11 is 3.97. The number of thiophene rings is 1. The Morgan fingerprint density at radius 3 is 2.53 bits per heavy atom. The molecule has 1 nitrogen and oxygen atoms in total. The second-order valence-electron chi connectivity index (χ2n) is 6.01. The fraction of sp³-hybridized carbons (Fsp3) is 0.714. The molecule has 1 saturated carbocycles. The third-order valence-electron chi connectivity index (χ3n) is 3.39. The molecule has 0 bridgehead atoms. The topological polar surface area (TPSA) is 12.0 Å². The van der Waals surface area contributed by atoms with Crippen LogP contribution in [-0.4, -0.2) is 17.5 Å². The lowest BCUT2D eigenvalue weighted by atomic mass is 9.95. The van der Waals surface area contributed by atoms with Gasteiger partial charge in [0.25, 0.3) is 0 Å². The zero-order valence-electron chi connectivity index (χ0n) is 11.3. The predicted molar refractivity (Wildman–Crippen MR) is 80.2 cm³/mol. The van der Waals surface area contributed by atoms with Gasteiger partial charge in [-0.15, -0.1) is 11.3 Å². The van der Waals surface area contributed by atoms with Crippen molar-refractivity contribution in [2.75, 3.05) is 12.8 Å². The predicted octanol–water partition coefficient (Wildman–Crippen LogP) is 4.03. The lowest BCUT2D eigenvalue weighted by Gasteiger charge is -2.15. The molecule has 3 heteroatoms. The van der Waals surface area contributed by atoms with E-state index in [1.165, 1.54) is 22.6 Å². The van der Waals surface area contributed by atoms with E-state index in [9.17, 15) is 0 Å². The summed E-state index contributed by atoms with van der Waals surface area (Å²) in [5.41, 5.74) is 0.292. The lowest BCUT2D eigenvalue weighted by Crippen LogP contribution is -2.25. The van der Waals surface area contributed by atoms with Gasteiger partial charge < -0.3 is 5.32 Å². The zero-order chi connectivity index (χ0) is 12.5. The van der Waals surface area contributed by atoms with Gasteiger partial charge in [-0.25, -0.2) is 0 Å². The first-order valence-corrected chi connectivity index (χ1v) is 8.34. The summed E-state index contributed by atoms with van der Waals surface area (Å²) in [7, 11) is 0. The van der Waals surface area contributed by atoms with E-state index in [-0.39, 0.29) is 0 Å². The van der Waals surface area contributed by atoms with Gasteiger partial charge in [0.2, 0.25) is 0 Å². The molecule has 0 saturated heterocycles. The van der Waals surface area contributed by atoms with Crippen molar-refractivity contribution in [2.24, 2.45) is 0 Å². The molecule has 0 spiro atoms. The van der Waals surface area contributed by atoms with Crippen LogP contribution in [0.4, 0.5) is 0 Å². The van der Waals surface area contributed by atoms with Crippen LogP contribution in [0.1, 0.15) is 43.4 Å². The van der Waals surface area contributed by atoms with Crippen LogP contribution in [0.3, 0.4) is 0 Å². The molecule has 2 rings (SSSR count). The Labute approximate surface area is 113 Å². The molecule has 0 aromatic carbocycles. The average molecular weight is 269 g/mol. The van der Waals surface area contributed by atoms with Gasteiger partial charge in [-0.2, -0.15) is 11.8 Å². The minimum absolute atomic E-state index is 0.292. The molecule has 1 aliphatic carbocycles. The van der Waals surface area contributed by atoms with Crippen molar-refractivity contribution in [1.82, 2.24) is 5.32 Å². The second kappa shape index (κ2) is 4.94. The third kappa shape index (κ3) is 3.49. The molecule has 0 aliphatic heterocycles. The van der Waals surface area contributed by atoms with Crippen molar-refractivity contribution in [3.63, 3.8) is 0 Å². The van der Waals surface area contributed by atoms with Crippen molar-refractivity contribution < 1.29 is 0 Å². The molecular weight excluding hydrogens is 246 g/mol. The largest absolute Gasteiger partial charge is 0.310 e. The van der Waals surface area contributed by atoms with Crippen molar-refractivity contribution >= 4 is 23.1 Å². The molecule has 1 fully saturated rings. The van der Waals surface area contributed by atoms with E-state index in [1.54, 1.807) is 0 Å². The van der Waals surface area contributed by atoms with Gasteiger partial charge in [0.1, 0.15) is 0 Å². The first-order chi connectivity index (χ1) is 7.95. The van der Waals surface area contributed by atoms with Crippen LogP contribution in [0.25, 0.3) is 0 Å². The van der Waals surface area contributed by atoms with Gasteiger partial charge in [-0.3, -0.25) is 0 Å². The molecule has 1 aromatic heterocycles. The molecule has 96 valence electrons. The Bertz CT molecular complexity index is 372. The maximum absolute atomic E-state index is 3.61. The van der Waals surface area contributed by atoms with Gasteiger partial charge in [0, 0.05) is 27.6 Å². The van der Waals surface area contributed by atoms with Gasteiger partial charge in [-0.1, -0.05) is 20.8 Å². The summed E-state index contributed by atoms with van der Waals surface area (Å²) in [5.74, 6) is 0. The maximum Gasteiger partial charge on any atom is 0.0300 e. The van der Waals surface area contributed by atoms with Crippen LogP contribution < -0.4 is 5.32 Å². The fourth-order valence-electron chi connectivity index (χ4n) is 1.88. The van der Waals surface area contributed by atoms with E-state index in [1.807, 2.05) is 23.1 Å². The van der Waals surface area contributed by atoms with E-state index in [2.05, 4.69) is 44.5 Å².